The molecule has 290 valence electrons. The van der Waals surface area contributed by atoms with Crippen LogP contribution >= 0.6 is 8.53 Å². The molecule has 0 bridgehead atoms. The second-order valence-corrected chi connectivity index (χ2v) is 21.6. The predicted octanol–water partition coefficient (Wildman–Crippen LogP) is 8.24. The highest BCUT2D eigenvalue weighted by molar-refractivity contribution is 7.44. The Labute approximate surface area is 321 Å². The Bertz CT molecular complexity index is 1840. The first-order chi connectivity index (χ1) is 25.7. The van der Waals surface area contributed by atoms with Crippen LogP contribution in [-0.4, -0.2) is 82.0 Å². The number of carbonyl (C=O) groups excluding carboxylic acids is 1. The monoisotopic (exact) mass is 775 g/mol. The van der Waals surface area contributed by atoms with Crippen LogP contribution in [0.1, 0.15) is 77.0 Å². The largest absolute Gasteiger partial charge is 0.407 e. The topological polar surface area (TPSA) is 146 Å². The van der Waals surface area contributed by atoms with Crippen molar-refractivity contribution in [1.82, 2.24) is 24.2 Å². The van der Waals surface area contributed by atoms with E-state index in [0.717, 1.165) is 5.56 Å². The molecule has 0 spiro atoms. The molecule has 5 atom stereocenters. The fourth-order valence-electron chi connectivity index (χ4n) is 6.00. The van der Waals surface area contributed by atoms with Crippen molar-refractivity contribution in [3.63, 3.8) is 0 Å². The summed E-state index contributed by atoms with van der Waals surface area (Å²) < 4.78 is 38.2. The van der Waals surface area contributed by atoms with Crippen LogP contribution in [0.2, 0.25) is 18.1 Å². The van der Waals surface area contributed by atoms with Crippen LogP contribution in [0.15, 0.2) is 73.3 Å². The first-order valence-corrected chi connectivity index (χ1v) is 22.5. The van der Waals surface area contributed by atoms with E-state index in [-0.39, 0.29) is 48.5 Å². The van der Waals surface area contributed by atoms with E-state index in [2.05, 4.69) is 87.6 Å². The predicted molar refractivity (Wildman–Crippen MR) is 212 cm³/mol. The molecule has 54 heavy (non-hydrogen) atoms. The van der Waals surface area contributed by atoms with Gasteiger partial charge < -0.3 is 28.3 Å². The highest BCUT2D eigenvalue weighted by Gasteiger charge is 2.53. The standard InChI is InChI=1S/C39H54N7O6PSi/c1-27(2)46(28(3)4)53(49-22-16-21-40)51-33-31(24-48-23-29-17-12-10-13-18-29)50-38(34(33)52-54(8,9)39(5,6)7)45-26-43-32-35(41-25-42-36(32)45)44-37(47)30-19-14-11-15-20-30/h10-15,17-20,25-28,31,33-34,38H,16,22-24H2,1-9H3,(H,41,42,44,47)/t31-,33+,34?,38-,53?/m1/s1. The van der Waals surface area contributed by atoms with Crippen LogP contribution in [-0.2, 0) is 29.6 Å². The maximum Gasteiger partial charge on any atom is 0.259 e. The number of hydrogen-bond acceptors (Lipinski definition) is 11. The number of nitrogens with one attached hydrogen (secondary N) is 1. The summed E-state index contributed by atoms with van der Waals surface area (Å²) in [6.07, 6.45) is 0.661. The quantitative estimate of drug-likeness (QED) is 0.0629. The lowest BCUT2D eigenvalue weighted by molar-refractivity contribution is -0.0665. The van der Waals surface area contributed by atoms with Crippen LogP contribution in [0.4, 0.5) is 5.82 Å². The lowest BCUT2D eigenvalue weighted by Gasteiger charge is -2.42. The van der Waals surface area contributed by atoms with Crippen molar-refractivity contribution in [1.29, 1.82) is 5.26 Å². The van der Waals surface area contributed by atoms with Gasteiger partial charge in [-0.2, -0.15) is 5.26 Å². The minimum Gasteiger partial charge on any atom is -0.407 e. The van der Waals surface area contributed by atoms with Gasteiger partial charge in [-0.3, -0.25) is 9.36 Å². The number of ether oxygens (including phenoxy) is 2. The summed E-state index contributed by atoms with van der Waals surface area (Å²) in [7, 11) is -4.16. The van der Waals surface area contributed by atoms with Gasteiger partial charge in [0, 0.05) is 17.6 Å². The van der Waals surface area contributed by atoms with Gasteiger partial charge in [0.2, 0.25) is 0 Å². The van der Waals surface area contributed by atoms with Crippen LogP contribution in [0, 0.1) is 11.3 Å². The Morgan fingerprint density at radius 3 is 2.31 bits per heavy atom. The molecule has 2 unspecified atom stereocenters. The minimum absolute atomic E-state index is 0.0858. The van der Waals surface area contributed by atoms with E-state index in [1.165, 1.54) is 6.33 Å². The van der Waals surface area contributed by atoms with Crippen molar-refractivity contribution in [3.05, 3.63) is 84.4 Å². The molecular weight excluding hydrogens is 722 g/mol. The van der Waals surface area contributed by atoms with Gasteiger partial charge in [0.25, 0.3) is 14.4 Å². The van der Waals surface area contributed by atoms with E-state index >= 15 is 0 Å². The molecule has 0 aliphatic carbocycles. The molecule has 4 aromatic rings. The van der Waals surface area contributed by atoms with Gasteiger partial charge in [-0.15, -0.1) is 0 Å². The number of anilines is 1. The molecule has 2 aromatic heterocycles. The Morgan fingerprint density at radius 1 is 1.02 bits per heavy atom. The average molecular weight is 776 g/mol. The molecule has 3 heterocycles. The zero-order valence-corrected chi connectivity index (χ0v) is 34.7. The second-order valence-electron chi connectivity index (χ2n) is 15.4. The molecule has 0 saturated carbocycles. The van der Waals surface area contributed by atoms with Crippen molar-refractivity contribution >= 4 is 39.7 Å². The molecule has 15 heteroatoms. The molecule has 5 rings (SSSR count). The van der Waals surface area contributed by atoms with E-state index in [1.807, 2.05) is 41.0 Å². The normalized spacial score (nSPS) is 19.8. The van der Waals surface area contributed by atoms with Crippen LogP contribution in [0.5, 0.6) is 0 Å². The van der Waals surface area contributed by atoms with Crippen molar-refractivity contribution < 1.29 is 27.7 Å². The maximum absolute atomic E-state index is 13.2. The summed E-state index contributed by atoms with van der Waals surface area (Å²) >= 11 is 0. The van der Waals surface area contributed by atoms with Gasteiger partial charge >= 0.3 is 0 Å². The lowest BCUT2D eigenvalue weighted by atomic mass is 10.1. The summed E-state index contributed by atoms with van der Waals surface area (Å²) in [6.45, 7) is 20.2. The molecule has 1 saturated heterocycles. The second kappa shape index (κ2) is 18.3. The lowest BCUT2D eigenvalue weighted by Crippen LogP contribution is -2.49. The number of carbonyl (C=O) groups is 1. The number of imidazole rings is 1. The molecule has 1 aliphatic rings. The maximum atomic E-state index is 13.2. The summed E-state index contributed by atoms with van der Waals surface area (Å²) in [5.74, 6) is -0.0305. The molecule has 2 aromatic carbocycles. The van der Waals surface area contributed by atoms with E-state index in [1.54, 1.807) is 30.6 Å². The van der Waals surface area contributed by atoms with E-state index < -0.39 is 41.4 Å². The third kappa shape index (κ3) is 9.96. The van der Waals surface area contributed by atoms with Crippen molar-refractivity contribution in [2.75, 3.05) is 18.5 Å². The number of hydrogen-bond donors (Lipinski definition) is 1. The van der Waals surface area contributed by atoms with Gasteiger partial charge in [0.1, 0.15) is 24.6 Å². The van der Waals surface area contributed by atoms with Gasteiger partial charge in [-0.25, -0.2) is 19.6 Å². The first-order valence-electron chi connectivity index (χ1n) is 18.5. The van der Waals surface area contributed by atoms with Crippen LogP contribution < -0.4 is 5.32 Å². The highest BCUT2D eigenvalue weighted by atomic mass is 31.2. The third-order valence-corrected chi connectivity index (χ3v) is 16.3. The zero-order valence-electron chi connectivity index (χ0n) is 32.8. The molecule has 1 fully saturated rings. The Kier molecular flexibility index (Phi) is 14.1. The number of fused-ring (bicyclic) bond motifs is 1. The number of rotatable bonds is 17. The summed E-state index contributed by atoms with van der Waals surface area (Å²) in [4.78, 5) is 26.9. The van der Waals surface area contributed by atoms with Crippen LogP contribution in [0.25, 0.3) is 11.2 Å². The van der Waals surface area contributed by atoms with Crippen molar-refractivity contribution in [2.45, 2.75) is 116 Å². The van der Waals surface area contributed by atoms with Gasteiger partial charge in [0.05, 0.1) is 38.6 Å². The minimum atomic E-state index is -2.48. The zero-order chi connectivity index (χ0) is 39.0. The number of nitrogens with zero attached hydrogens (tertiary/aromatic N) is 6. The Hall–Kier alpha value is -3.64. The molecule has 0 radical (unpaired) electrons. The van der Waals surface area contributed by atoms with Crippen molar-refractivity contribution in [3.8, 4) is 6.07 Å². The van der Waals surface area contributed by atoms with E-state index in [0.29, 0.717) is 23.3 Å². The first kappa shape index (κ1) is 41.5. The number of nitriles is 1. The van der Waals surface area contributed by atoms with E-state index in [4.69, 9.17) is 27.9 Å². The molecular formula is C39H54N7O6PSi. The average Bonchev–Trinajstić information content (AvgIpc) is 3.69. The number of amides is 1. The molecule has 1 aliphatic heterocycles. The smallest absolute Gasteiger partial charge is 0.259 e. The van der Waals surface area contributed by atoms with Gasteiger partial charge in [0.15, 0.2) is 31.5 Å². The summed E-state index contributed by atoms with van der Waals surface area (Å²) in [5, 5.41) is 12.1. The highest BCUT2D eigenvalue weighted by Crippen LogP contribution is 2.52. The van der Waals surface area contributed by atoms with Gasteiger partial charge in [-0.1, -0.05) is 69.3 Å². The number of aromatic nitrogens is 4. The molecule has 1 amide bonds. The Balaban J connectivity index is 1.57. The number of benzene rings is 2. The Morgan fingerprint density at radius 2 is 1.69 bits per heavy atom. The van der Waals surface area contributed by atoms with E-state index in [9.17, 15) is 10.1 Å². The van der Waals surface area contributed by atoms with Crippen molar-refractivity contribution in [2.24, 2.45) is 0 Å². The fourth-order valence-corrected chi connectivity index (χ4v) is 9.05. The summed E-state index contributed by atoms with van der Waals surface area (Å²) in [6, 6.07) is 21.3. The van der Waals surface area contributed by atoms with Gasteiger partial charge in [-0.05, 0) is 63.5 Å². The molecule has 13 nitrogen and oxygen atoms in total. The summed E-state index contributed by atoms with van der Waals surface area (Å²) in [5.41, 5.74) is 2.40. The fraction of sp³-hybridized carbons (Fsp3) is 0.513. The SMILES string of the molecule is CC(C)N(C(C)C)P(OCCC#N)O[C@@H]1C(O[Si](C)(C)C(C)(C)C)[C@H](n2cnc3c(NC(=O)c4ccccc4)ncnc32)O[C@@H]1COCc1ccccc1. The molecule has 1 N–H and O–H groups in total. The third-order valence-electron chi connectivity index (χ3n) is 9.69. The van der Waals surface area contributed by atoms with Crippen LogP contribution in [0.3, 0.4) is 0 Å².